The first-order valence-corrected chi connectivity index (χ1v) is 8.96. The topological polar surface area (TPSA) is 105 Å². The molecule has 1 aliphatic carbocycles. The third kappa shape index (κ3) is 4.88. The van der Waals surface area contributed by atoms with Crippen LogP contribution in [0.25, 0.3) is 0 Å². The average molecular weight is 342 g/mol. The standard InChI is InChI=1S/C14H22N4O4S/c1-11(12-3-4-12)17(2)23(21,22)16-10-9-15-13-5-7-14(8-6-13)18(19)20/h5-8,11-12,15-16H,3-4,9-10H2,1-2H3. The van der Waals surface area contributed by atoms with Crippen LogP contribution in [0, 0.1) is 16.0 Å². The Bertz CT molecular complexity index is 643. The summed E-state index contributed by atoms with van der Waals surface area (Å²) in [5, 5.41) is 13.6. The van der Waals surface area contributed by atoms with Crippen LogP contribution in [-0.4, -0.2) is 43.8 Å². The van der Waals surface area contributed by atoms with Crippen LogP contribution >= 0.6 is 0 Å². The molecule has 128 valence electrons. The minimum absolute atomic E-state index is 0.00938. The van der Waals surface area contributed by atoms with E-state index >= 15 is 0 Å². The zero-order valence-corrected chi connectivity index (χ0v) is 14.0. The highest BCUT2D eigenvalue weighted by Crippen LogP contribution is 2.35. The van der Waals surface area contributed by atoms with Crippen molar-refractivity contribution in [2.75, 3.05) is 25.5 Å². The summed E-state index contributed by atoms with van der Waals surface area (Å²) in [5.74, 6) is 0.467. The molecule has 1 fully saturated rings. The molecule has 1 aromatic carbocycles. The van der Waals surface area contributed by atoms with Crippen molar-refractivity contribution < 1.29 is 13.3 Å². The fourth-order valence-electron chi connectivity index (χ4n) is 2.28. The minimum Gasteiger partial charge on any atom is -0.384 e. The number of hydrogen-bond donors (Lipinski definition) is 2. The first-order chi connectivity index (χ1) is 10.8. The zero-order chi connectivity index (χ0) is 17.0. The van der Waals surface area contributed by atoms with Gasteiger partial charge in [-0.2, -0.15) is 12.7 Å². The molecule has 23 heavy (non-hydrogen) atoms. The second-order valence-corrected chi connectivity index (χ2v) is 7.54. The number of nitrogens with one attached hydrogen (secondary N) is 2. The quantitative estimate of drug-likeness (QED) is 0.403. The lowest BCUT2D eigenvalue weighted by molar-refractivity contribution is -0.384. The number of nitro groups is 1. The van der Waals surface area contributed by atoms with Gasteiger partial charge in [0.2, 0.25) is 0 Å². The number of anilines is 1. The van der Waals surface area contributed by atoms with Gasteiger partial charge in [0.1, 0.15) is 0 Å². The normalized spacial score (nSPS) is 16.3. The molecule has 1 aromatic rings. The van der Waals surface area contributed by atoms with Gasteiger partial charge in [0.05, 0.1) is 4.92 Å². The summed E-state index contributed by atoms with van der Waals surface area (Å²) in [6.07, 6.45) is 2.17. The minimum atomic E-state index is -3.48. The SMILES string of the molecule is CC(C1CC1)N(C)S(=O)(=O)NCCNc1ccc([N+](=O)[O-])cc1. The largest absolute Gasteiger partial charge is 0.384 e. The molecule has 0 aliphatic heterocycles. The van der Waals surface area contributed by atoms with E-state index in [9.17, 15) is 18.5 Å². The predicted molar refractivity (Wildman–Crippen MR) is 88.5 cm³/mol. The maximum atomic E-state index is 12.1. The van der Waals surface area contributed by atoms with Crippen LogP contribution in [0.4, 0.5) is 11.4 Å². The molecule has 2 rings (SSSR count). The summed E-state index contributed by atoms with van der Waals surface area (Å²) in [6.45, 7) is 2.55. The monoisotopic (exact) mass is 342 g/mol. The van der Waals surface area contributed by atoms with Gasteiger partial charge >= 0.3 is 0 Å². The van der Waals surface area contributed by atoms with Crippen molar-refractivity contribution in [3.05, 3.63) is 34.4 Å². The van der Waals surface area contributed by atoms with Gasteiger partial charge in [0, 0.05) is 44.0 Å². The number of benzene rings is 1. The Morgan fingerprint density at radius 3 is 2.43 bits per heavy atom. The van der Waals surface area contributed by atoms with E-state index < -0.39 is 15.1 Å². The van der Waals surface area contributed by atoms with Gasteiger partial charge in [-0.1, -0.05) is 0 Å². The molecule has 1 unspecified atom stereocenters. The Kier molecular flexibility index (Phi) is 5.55. The van der Waals surface area contributed by atoms with Gasteiger partial charge in [-0.15, -0.1) is 0 Å². The second kappa shape index (κ2) is 7.24. The number of non-ortho nitro benzene ring substituents is 1. The smallest absolute Gasteiger partial charge is 0.279 e. The maximum absolute atomic E-state index is 12.1. The Labute approximate surface area is 136 Å². The Morgan fingerprint density at radius 2 is 1.91 bits per heavy atom. The van der Waals surface area contributed by atoms with Gasteiger partial charge in [0.15, 0.2) is 0 Å². The highest BCUT2D eigenvalue weighted by atomic mass is 32.2. The van der Waals surface area contributed by atoms with E-state index in [1.54, 1.807) is 19.2 Å². The first-order valence-electron chi connectivity index (χ1n) is 7.52. The molecule has 0 saturated heterocycles. The van der Waals surface area contributed by atoms with E-state index in [-0.39, 0.29) is 18.3 Å². The van der Waals surface area contributed by atoms with Gasteiger partial charge in [-0.05, 0) is 37.8 Å². The van der Waals surface area contributed by atoms with Crippen LogP contribution in [0.3, 0.4) is 0 Å². The van der Waals surface area contributed by atoms with Crippen LogP contribution in [-0.2, 0) is 10.2 Å². The van der Waals surface area contributed by atoms with Crippen LogP contribution in [0.5, 0.6) is 0 Å². The Hall–Kier alpha value is -1.71. The molecule has 0 bridgehead atoms. The van der Waals surface area contributed by atoms with Gasteiger partial charge in [-0.25, -0.2) is 4.72 Å². The van der Waals surface area contributed by atoms with E-state index in [0.717, 1.165) is 12.8 Å². The van der Waals surface area contributed by atoms with Crippen molar-refractivity contribution >= 4 is 21.6 Å². The summed E-state index contributed by atoms with van der Waals surface area (Å²) in [7, 11) is -1.89. The fraction of sp³-hybridized carbons (Fsp3) is 0.571. The molecule has 1 saturated carbocycles. The lowest BCUT2D eigenvalue weighted by atomic mass is 10.2. The zero-order valence-electron chi connectivity index (χ0n) is 13.2. The first kappa shape index (κ1) is 17.6. The molecule has 0 spiro atoms. The van der Waals surface area contributed by atoms with Crippen molar-refractivity contribution in [2.45, 2.75) is 25.8 Å². The average Bonchev–Trinajstić information content (AvgIpc) is 3.35. The van der Waals surface area contributed by atoms with Crippen molar-refractivity contribution in [2.24, 2.45) is 5.92 Å². The third-order valence-corrected chi connectivity index (χ3v) is 5.73. The van der Waals surface area contributed by atoms with E-state index in [0.29, 0.717) is 18.2 Å². The van der Waals surface area contributed by atoms with E-state index in [1.807, 2.05) is 6.92 Å². The van der Waals surface area contributed by atoms with Gasteiger partial charge in [-0.3, -0.25) is 10.1 Å². The van der Waals surface area contributed by atoms with Crippen molar-refractivity contribution in [1.29, 1.82) is 0 Å². The molecule has 0 aromatic heterocycles. The number of nitrogens with zero attached hydrogens (tertiary/aromatic N) is 2. The lowest BCUT2D eigenvalue weighted by Crippen LogP contribution is -2.45. The fourth-order valence-corrected chi connectivity index (χ4v) is 3.46. The molecule has 1 atom stereocenters. The van der Waals surface area contributed by atoms with E-state index in [2.05, 4.69) is 10.0 Å². The molecular formula is C14H22N4O4S. The van der Waals surface area contributed by atoms with Crippen molar-refractivity contribution in [3.8, 4) is 0 Å². The van der Waals surface area contributed by atoms with Crippen molar-refractivity contribution in [1.82, 2.24) is 9.03 Å². The molecule has 8 nitrogen and oxygen atoms in total. The molecule has 0 amide bonds. The molecule has 1 aliphatic rings. The summed E-state index contributed by atoms with van der Waals surface area (Å²) >= 11 is 0. The van der Waals surface area contributed by atoms with Crippen LogP contribution in [0.1, 0.15) is 19.8 Å². The third-order valence-electron chi connectivity index (χ3n) is 4.07. The lowest BCUT2D eigenvalue weighted by Gasteiger charge is -2.24. The van der Waals surface area contributed by atoms with Crippen molar-refractivity contribution in [3.63, 3.8) is 0 Å². The van der Waals surface area contributed by atoms with Gasteiger partial charge < -0.3 is 5.32 Å². The predicted octanol–water partition coefficient (Wildman–Crippen LogP) is 1.57. The molecule has 9 heteroatoms. The molecule has 0 radical (unpaired) electrons. The Balaban J connectivity index is 1.76. The van der Waals surface area contributed by atoms with E-state index in [4.69, 9.17) is 0 Å². The van der Waals surface area contributed by atoms with E-state index in [1.165, 1.54) is 16.4 Å². The number of nitro benzene ring substituents is 1. The summed E-state index contributed by atoms with van der Waals surface area (Å²) in [6, 6.07) is 5.99. The summed E-state index contributed by atoms with van der Waals surface area (Å²) in [4.78, 5) is 10.1. The van der Waals surface area contributed by atoms with Crippen LogP contribution in [0.15, 0.2) is 24.3 Å². The van der Waals surface area contributed by atoms with Crippen LogP contribution < -0.4 is 10.0 Å². The molecule has 2 N–H and O–H groups in total. The highest BCUT2D eigenvalue weighted by molar-refractivity contribution is 7.87. The maximum Gasteiger partial charge on any atom is 0.279 e. The molecule has 0 heterocycles. The van der Waals surface area contributed by atoms with Gasteiger partial charge in [0.25, 0.3) is 15.9 Å². The number of hydrogen-bond acceptors (Lipinski definition) is 5. The highest BCUT2D eigenvalue weighted by Gasteiger charge is 2.35. The second-order valence-electron chi connectivity index (χ2n) is 5.72. The van der Waals surface area contributed by atoms with Crippen LogP contribution in [0.2, 0.25) is 0 Å². The summed E-state index contributed by atoms with van der Waals surface area (Å²) < 4.78 is 28.2. The number of rotatable bonds is 9. The Morgan fingerprint density at radius 1 is 1.30 bits per heavy atom. The summed E-state index contributed by atoms with van der Waals surface area (Å²) in [5.41, 5.74) is 0.724. The molecular weight excluding hydrogens is 320 g/mol.